The van der Waals surface area contributed by atoms with E-state index in [1.165, 1.54) is 28.0 Å². The van der Waals surface area contributed by atoms with Crippen LogP contribution in [-0.4, -0.2) is 20.4 Å². The number of carbonyl (C=O) groups excluding carboxylic acids is 1. The molecule has 0 atom stereocenters. The van der Waals surface area contributed by atoms with E-state index in [-0.39, 0.29) is 5.91 Å². The molecule has 0 fully saturated rings. The summed E-state index contributed by atoms with van der Waals surface area (Å²) in [7, 11) is 0. The van der Waals surface area contributed by atoms with Crippen LogP contribution in [0.15, 0.2) is 61.2 Å². The summed E-state index contributed by atoms with van der Waals surface area (Å²) in [6.45, 7) is 7.29. The molecule has 0 spiro atoms. The number of benzene rings is 2. The molecule has 4 aromatic rings. The summed E-state index contributed by atoms with van der Waals surface area (Å²) in [5, 5.41) is 3.93. The molecule has 1 N–H and O–H groups in total. The van der Waals surface area contributed by atoms with Gasteiger partial charge in [-0.1, -0.05) is 48.0 Å². The average molecular weight is 417 g/mol. The van der Waals surface area contributed by atoms with Gasteiger partial charge in [0.2, 0.25) is 0 Å². The van der Waals surface area contributed by atoms with Crippen molar-refractivity contribution in [2.24, 2.45) is 0 Å². The first-order valence-electron chi connectivity index (χ1n) is 9.86. The maximum Gasteiger partial charge on any atom is 0.263 e. The molecule has 0 radical (unpaired) electrons. The predicted molar refractivity (Wildman–Crippen MR) is 121 cm³/mol. The van der Waals surface area contributed by atoms with Crippen LogP contribution in [-0.2, 0) is 13.1 Å². The minimum atomic E-state index is -0.0824. The zero-order valence-electron chi connectivity index (χ0n) is 17.3. The van der Waals surface area contributed by atoms with Crippen LogP contribution in [0.4, 0.5) is 0 Å². The Kier molecular flexibility index (Phi) is 5.77. The Hall–Kier alpha value is -3.25. The van der Waals surface area contributed by atoms with Crippen molar-refractivity contribution in [3.05, 3.63) is 94.0 Å². The molecule has 0 saturated heterocycles. The quantitative estimate of drug-likeness (QED) is 0.486. The number of nitrogens with one attached hydrogen (secondary N) is 1. The third kappa shape index (κ3) is 4.49. The number of imidazole rings is 1. The van der Waals surface area contributed by atoms with Gasteiger partial charge in [0, 0.05) is 31.0 Å². The Labute approximate surface area is 180 Å². The van der Waals surface area contributed by atoms with Gasteiger partial charge >= 0.3 is 0 Å². The fraction of sp³-hybridized carbons (Fsp3) is 0.208. The highest BCUT2D eigenvalue weighted by atomic mass is 32.1. The van der Waals surface area contributed by atoms with Crippen LogP contribution >= 0.6 is 11.3 Å². The first-order valence-corrected chi connectivity index (χ1v) is 10.7. The van der Waals surface area contributed by atoms with Gasteiger partial charge in [-0.25, -0.2) is 9.97 Å². The van der Waals surface area contributed by atoms with Gasteiger partial charge in [-0.2, -0.15) is 0 Å². The highest BCUT2D eigenvalue weighted by Gasteiger charge is 2.17. The Balaban J connectivity index is 1.45. The number of aryl methyl sites for hydroxylation is 3. The lowest BCUT2D eigenvalue weighted by Gasteiger charge is -2.07. The van der Waals surface area contributed by atoms with Crippen molar-refractivity contribution in [1.29, 1.82) is 0 Å². The summed E-state index contributed by atoms with van der Waals surface area (Å²) in [5.74, 6) is -0.0824. The molecular weight excluding hydrogens is 392 g/mol. The van der Waals surface area contributed by atoms with Crippen LogP contribution < -0.4 is 5.32 Å². The second kappa shape index (κ2) is 8.63. The van der Waals surface area contributed by atoms with E-state index in [1.807, 2.05) is 29.8 Å². The van der Waals surface area contributed by atoms with E-state index in [2.05, 4.69) is 59.5 Å². The van der Waals surface area contributed by atoms with E-state index in [9.17, 15) is 4.79 Å². The van der Waals surface area contributed by atoms with Gasteiger partial charge in [0.25, 0.3) is 5.91 Å². The Morgan fingerprint density at radius 3 is 2.70 bits per heavy atom. The van der Waals surface area contributed by atoms with Crippen molar-refractivity contribution < 1.29 is 4.79 Å². The highest BCUT2D eigenvalue weighted by molar-refractivity contribution is 7.17. The van der Waals surface area contributed by atoms with Crippen LogP contribution in [0.3, 0.4) is 0 Å². The smallest absolute Gasteiger partial charge is 0.263 e. The van der Waals surface area contributed by atoms with Crippen LogP contribution in [0.1, 0.15) is 37.6 Å². The molecule has 0 unspecified atom stereocenters. The average Bonchev–Trinajstić information content (AvgIpc) is 3.36. The lowest BCUT2D eigenvalue weighted by Crippen LogP contribution is -2.22. The molecule has 0 aliphatic heterocycles. The summed E-state index contributed by atoms with van der Waals surface area (Å²) < 4.78 is 2.02. The number of hydrogen-bond donors (Lipinski definition) is 1. The molecule has 0 aliphatic rings. The molecular formula is C24H24N4OS. The summed E-state index contributed by atoms with van der Waals surface area (Å²) >= 11 is 1.45. The number of thiazole rings is 1. The minimum Gasteiger partial charge on any atom is -0.347 e. The van der Waals surface area contributed by atoms with Crippen molar-refractivity contribution in [3.63, 3.8) is 0 Å². The molecule has 1 amide bonds. The third-order valence-corrected chi connectivity index (χ3v) is 6.17. The molecule has 0 saturated carbocycles. The van der Waals surface area contributed by atoms with Gasteiger partial charge < -0.3 is 9.88 Å². The van der Waals surface area contributed by atoms with Crippen molar-refractivity contribution in [1.82, 2.24) is 19.9 Å². The summed E-state index contributed by atoms with van der Waals surface area (Å²) in [6, 6.07) is 14.5. The highest BCUT2D eigenvalue weighted by Crippen LogP contribution is 2.30. The summed E-state index contributed by atoms with van der Waals surface area (Å²) in [6.07, 6.45) is 5.51. The summed E-state index contributed by atoms with van der Waals surface area (Å²) in [4.78, 5) is 22.2. The van der Waals surface area contributed by atoms with Crippen molar-refractivity contribution >= 4 is 17.2 Å². The molecule has 0 bridgehead atoms. The number of aromatic nitrogens is 3. The monoisotopic (exact) mass is 416 g/mol. The molecule has 30 heavy (non-hydrogen) atoms. The van der Waals surface area contributed by atoms with Crippen LogP contribution in [0, 0.1) is 20.8 Å². The second-order valence-corrected chi connectivity index (χ2v) is 8.49. The first-order chi connectivity index (χ1) is 14.5. The minimum absolute atomic E-state index is 0.0824. The topological polar surface area (TPSA) is 59.8 Å². The van der Waals surface area contributed by atoms with Crippen molar-refractivity contribution in [2.75, 3.05) is 0 Å². The zero-order chi connectivity index (χ0) is 21.1. The second-order valence-electron chi connectivity index (χ2n) is 7.49. The normalized spacial score (nSPS) is 10.9. The maximum absolute atomic E-state index is 12.8. The number of hydrogen-bond acceptors (Lipinski definition) is 4. The van der Waals surface area contributed by atoms with E-state index in [4.69, 9.17) is 0 Å². The van der Waals surface area contributed by atoms with Crippen LogP contribution in [0.5, 0.6) is 0 Å². The van der Waals surface area contributed by atoms with Crippen LogP contribution in [0.25, 0.3) is 10.6 Å². The lowest BCUT2D eigenvalue weighted by molar-refractivity contribution is 0.0954. The van der Waals surface area contributed by atoms with E-state index >= 15 is 0 Å². The fourth-order valence-electron chi connectivity index (χ4n) is 3.47. The van der Waals surface area contributed by atoms with Gasteiger partial charge in [0.05, 0.1) is 12.0 Å². The van der Waals surface area contributed by atoms with E-state index in [0.29, 0.717) is 11.4 Å². The number of rotatable bonds is 6. The van der Waals surface area contributed by atoms with Gasteiger partial charge in [-0.05, 0) is 37.5 Å². The Morgan fingerprint density at radius 1 is 1.10 bits per heavy atom. The van der Waals surface area contributed by atoms with Gasteiger partial charge in [-0.3, -0.25) is 4.79 Å². The molecule has 6 heteroatoms. The van der Waals surface area contributed by atoms with Gasteiger partial charge in [0.1, 0.15) is 9.88 Å². The molecule has 5 nitrogen and oxygen atoms in total. The summed E-state index contributed by atoms with van der Waals surface area (Å²) in [5.41, 5.74) is 6.48. The molecule has 2 heterocycles. The maximum atomic E-state index is 12.8. The predicted octanol–water partition coefficient (Wildman–Crippen LogP) is 4.91. The van der Waals surface area contributed by atoms with E-state index < -0.39 is 0 Å². The largest absolute Gasteiger partial charge is 0.347 e. The van der Waals surface area contributed by atoms with E-state index in [1.54, 1.807) is 12.5 Å². The zero-order valence-corrected chi connectivity index (χ0v) is 18.2. The first kappa shape index (κ1) is 20.0. The SMILES string of the molecule is Cc1ccc(-c2nc(C)c(C(=O)NCc3cccc(Cn4ccnc4)c3)s2)c(C)c1. The molecule has 4 rings (SSSR count). The van der Waals surface area contributed by atoms with Gasteiger partial charge in [-0.15, -0.1) is 11.3 Å². The van der Waals surface area contributed by atoms with Gasteiger partial charge in [0.15, 0.2) is 0 Å². The standard InChI is InChI=1S/C24H24N4OS/c1-16-7-8-21(17(2)11-16)24-27-18(3)22(30-24)23(29)26-13-19-5-4-6-20(12-19)14-28-10-9-25-15-28/h4-12,15H,13-14H2,1-3H3,(H,26,29). The van der Waals surface area contributed by atoms with Crippen LogP contribution in [0.2, 0.25) is 0 Å². The number of nitrogens with zero attached hydrogens (tertiary/aromatic N) is 3. The lowest BCUT2D eigenvalue weighted by atomic mass is 10.1. The molecule has 152 valence electrons. The molecule has 2 aromatic heterocycles. The molecule has 0 aliphatic carbocycles. The van der Waals surface area contributed by atoms with Crippen molar-refractivity contribution in [2.45, 2.75) is 33.9 Å². The Bertz CT molecular complexity index is 1180. The third-order valence-electron chi connectivity index (χ3n) is 4.98. The number of carbonyl (C=O) groups is 1. The fourth-order valence-corrected chi connectivity index (χ4v) is 4.54. The Morgan fingerprint density at radius 2 is 1.93 bits per heavy atom. The number of amides is 1. The van der Waals surface area contributed by atoms with Crippen molar-refractivity contribution in [3.8, 4) is 10.6 Å². The van der Waals surface area contributed by atoms with E-state index in [0.717, 1.165) is 28.4 Å². The molecule has 2 aromatic carbocycles.